The standard InChI is InChI=1S/C23H40N2O3S/c1-2-3-4-5-6-7-8-9-10-11-12-13-14-15-19-22-24-20-17-16-18-21(23(20)25-22)29(26,27)28/h16-18,22,24-25H,2-15,19H2,1H3,(H,26,27,28). The van der Waals surface area contributed by atoms with E-state index in [0.717, 1.165) is 18.5 Å². The number of hydrogen-bond donors (Lipinski definition) is 3. The zero-order valence-electron chi connectivity index (χ0n) is 18.1. The smallest absolute Gasteiger partial charge is 0.296 e. The lowest BCUT2D eigenvalue weighted by molar-refractivity contribution is 0.483. The van der Waals surface area contributed by atoms with Gasteiger partial charge in [-0.05, 0) is 25.0 Å². The van der Waals surface area contributed by atoms with Crippen molar-refractivity contribution in [2.45, 2.75) is 114 Å². The summed E-state index contributed by atoms with van der Waals surface area (Å²) in [4.78, 5) is -0.0500. The van der Waals surface area contributed by atoms with Gasteiger partial charge in [-0.15, -0.1) is 0 Å². The van der Waals surface area contributed by atoms with Crippen LogP contribution in [-0.2, 0) is 10.1 Å². The molecule has 0 aromatic heterocycles. The Morgan fingerprint density at radius 2 is 1.31 bits per heavy atom. The van der Waals surface area contributed by atoms with Crippen molar-refractivity contribution in [3.8, 4) is 0 Å². The zero-order valence-corrected chi connectivity index (χ0v) is 18.9. The monoisotopic (exact) mass is 424 g/mol. The molecular formula is C23H40N2O3S. The zero-order chi connectivity index (χ0) is 21.0. The summed E-state index contributed by atoms with van der Waals surface area (Å²) < 4.78 is 32.3. The van der Waals surface area contributed by atoms with E-state index >= 15 is 0 Å². The summed E-state index contributed by atoms with van der Waals surface area (Å²) in [7, 11) is -4.20. The largest absolute Gasteiger partial charge is 0.364 e. The summed E-state index contributed by atoms with van der Waals surface area (Å²) in [5, 5.41) is 6.51. The van der Waals surface area contributed by atoms with Gasteiger partial charge in [0, 0.05) is 0 Å². The van der Waals surface area contributed by atoms with Crippen LogP contribution in [0, 0.1) is 0 Å². The molecule has 6 heteroatoms. The fourth-order valence-corrected chi connectivity index (χ4v) is 4.78. The number of benzene rings is 1. The Morgan fingerprint density at radius 3 is 1.83 bits per heavy atom. The predicted molar refractivity (Wildman–Crippen MR) is 122 cm³/mol. The minimum absolute atomic E-state index is 0.0326. The van der Waals surface area contributed by atoms with Gasteiger partial charge in [0.2, 0.25) is 0 Å². The van der Waals surface area contributed by atoms with E-state index in [2.05, 4.69) is 17.6 Å². The maximum atomic E-state index is 11.5. The third-order valence-electron chi connectivity index (χ3n) is 5.80. The molecule has 0 bridgehead atoms. The maximum absolute atomic E-state index is 11.5. The highest BCUT2D eigenvalue weighted by molar-refractivity contribution is 7.86. The molecular weight excluding hydrogens is 384 g/mol. The van der Waals surface area contributed by atoms with Crippen molar-refractivity contribution in [3.05, 3.63) is 18.2 Å². The van der Waals surface area contributed by atoms with Gasteiger partial charge in [-0.2, -0.15) is 8.42 Å². The van der Waals surface area contributed by atoms with Crippen molar-refractivity contribution in [1.29, 1.82) is 0 Å². The second-order valence-electron chi connectivity index (χ2n) is 8.38. The van der Waals surface area contributed by atoms with Gasteiger partial charge in [0.25, 0.3) is 10.1 Å². The van der Waals surface area contributed by atoms with E-state index in [-0.39, 0.29) is 11.1 Å². The van der Waals surface area contributed by atoms with Gasteiger partial charge < -0.3 is 10.6 Å². The maximum Gasteiger partial charge on any atom is 0.296 e. The average molecular weight is 425 g/mol. The van der Waals surface area contributed by atoms with Gasteiger partial charge in [-0.25, -0.2) is 0 Å². The Kier molecular flexibility index (Phi) is 10.9. The van der Waals surface area contributed by atoms with E-state index in [1.807, 2.05) is 6.07 Å². The Balaban J connectivity index is 1.46. The van der Waals surface area contributed by atoms with Crippen LogP contribution < -0.4 is 10.6 Å². The fraction of sp³-hybridized carbons (Fsp3) is 0.739. The topological polar surface area (TPSA) is 78.4 Å². The highest BCUT2D eigenvalue weighted by Gasteiger charge is 2.26. The third kappa shape index (κ3) is 8.95. The molecule has 29 heavy (non-hydrogen) atoms. The lowest BCUT2D eigenvalue weighted by atomic mass is 10.0. The van der Waals surface area contributed by atoms with Crippen molar-refractivity contribution >= 4 is 21.5 Å². The number of hydrogen-bond acceptors (Lipinski definition) is 4. The van der Waals surface area contributed by atoms with E-state index in [4.69, 9.17) is 0 Å². The van der Waals surface area contributed by atoms with Crippen molar-refractivity contribution in [2.75, 3.05) is 10.6 Å². The molecule has 0 fully saturated rings. The lowest BCUT2D eigenvalue weighted by Gasteiger charge is -2.12. The van der Waals surface area contributed by atoms with Gasteiger partial charge in [0.15, 0.2) is 0 Å². The Labute approximate surface area is 177 Å². The Morgan fingerprint density at radius 1 is 0.793 bits per heavy atom. The number of anilines is 2. The van der Waals surface area contributed by atoms with Gasteiger partial charge in [-0.1, -0.05) is 96.5 Å². The van der Waals surface area contributed by atoms with E-state index in [9.17, 15) is 13.0 Å². The molecule has 0 spiro atoms. The number of unbranched alkanes of at least 4 members (excludes halogenated alkanes) is 13. The van der Waals surface area contributed by atoms with Crippen molar-refractivity contribution in [2.24, 2.45) is 0 Å². The van der Waals surface area contributed by atoms with Gasteiger partial charge in [0.1, 0.15) is 4.90 Å². The van der Waals surface area contributed by atoms with Crippen LogP contribution in [0.5, 0.6) is 0 Å². The second kappa shape index (κ2) is 13.1. The van der Waals surface area contributed by atoms with Crippen LogP contribution in [0.4, 0.5) is 11.4 Å². The number of fused-ring (bicyclic) bond motifs is 1. The molecule has 1 aromatic carbocycles. The van der Waals surface area contributed by atoms with E-state index in [0.29, 0.717) is 5.69 Å². The molecule has 1 aliphatic heterocycles. The third-order valence-corrected chi connectivity index (χ3v) is 6.69. The van der Waals surface area contributed by atoms with Crippen molar-refractivity contribution < 1.29 is 13.0 Å². The highest BCUT2D eigenvalue weighted by atomic mass is 32.2. The minimum Gasteiger partial charge on any atom is -0.364 e. The van der Waals surface area contributed by atoms with Gasteiger partial charge in [-0.3, -0.25) is 4.55 Å². The normalized spacial score (nSPS) is 15.7. The van der Waals surface area contributed by atoms with Gasteiger partial charge >= 0.3 is 0 Å². The molecule has 2 rings (SSSR count). The molecule has 0 amide bonds. The summed E-state index contributed by atoms with van der Waals surface area (Å²) >= 11 is 0. The van der Waals surface area contributed by atoms with Crippen LogP contribution >= 0.6 is 0 Å². The Hall–Kier alpha value is -1.27. The molecule has 0 saturated heterocycles. The highest BCUT2D eigenvalue weighted by Crippen LogP contribution is 2.36. The number of para-hydroxylation sites is 1. The summed E-state index contributed by atoms with van der Waals surface area (Å²) in [6.07, 6.45) is 19.8. The molecule has 3 N–H and O–H groups in total. The summed E-state index contributed by atoms with van der Waals surface area (Å²) in [5.41, 5.74) is 1.24. The first-order valence-corrected chi connectivity index (χ1v) is 13.1. The van der Waals surface area contributed by atoms with Crippen LogP contribution in [0.1, 0.15) is 103 Å². The molecule has 1 aliphatic rings. The molecule has 0 saturated carbocycles. The SMILES string of the molecule is CCCCCCCCCCCCCCCCC1Nc2cccc(S(=O)(=O)O)c2N1. The Bertz CT molecular complexity index is 691. The van der Waals surface area contributed by atoms with Crippen molar-refractivity contribution in [3.63, 3.8) is 0 Å². The first-order valence-electron chi connectivity index (χ1n) is 11.7. The quantitative estimate of drug-likeness (QED) is 0.197. The van der Waals surface area contributed by atoms with Crippen LogP contribution in [0.15, 0.2) is 23.1 Å². The molecule has 0 radical (unpaired) electrons. The van der Waals surface area contributed by atoms with Gasteiger partial charge in [0.05, 0.1) is 17.5 Å². The van der Waals surface area contributed by atoms with E-state index in [1.165, 1.54) is 89.5 Å². The molecule has 5 nitrogen and oxygen atoms in total. The summed E-state index contributed by atoms with van der Waals surface area (Å²) in [6.45, 7) is 2.27. The molecule has 1 heterocycles. The molecule has 1 unspecified atom stereocenters. The predicted octanol–water partition coefficient (Wildman–Crippen LogP) is 6.97. The van der Waals surface area contributed by atoms with Crippen LogP contribution in [0.2, 0.25) is 0 Å². The minimum atomic E-state index is -4.20. The molecule has 0 aliphatic carbocycles. The number of rotatable bonds is 16. The van der Waals surface area contributed by atoms with Crippen LogP contribution in [0.3, 0.4) is 0 Å². The lowest BCUT2D eigenvalue weighted by Crippen LogP contribution is -2.22. The van der Waals surface area contributed by atoms with E-state index in [1.54, 1.807) is 6.07 Å². The molecule has 166 valence electrons. The fourth-order valence-electron chi connectivity index (χ4n) is 4.10. The average Bonchev–Trinajstić information content (AvgIpc) is 3.10. The number of nitrogens with one attached hydrogen (secondary N) is 2. The summed E-state index contributed by atoms with van der Waals surface area (Å²) in [5.74, 6) is 0. The second-order valence-corrected chi connectivity index (χ2v) is 9.77. The molecule has 1 atom stereocenters. The summed E-state index contributed by atoms with van der Waals surface area (Å²) in [6, 6.07) is 4.91. The van der Waals surface area contributed by atoms with Crippen molar-refractivity contribution in [1.82, 2.24) is 0 Å². The first-order chi connectivity index (χ1) is 14.0. The molecule has 1 aromatic rings. The van der Waals surface area contributed by atoms with E-state index < -0.39 is 10.1 Å². The van der Waals surface area contributed by atoms with Crippen LogP contribution in [0.25, 0.3) is 0 Å². The first kappa shape index (κ1) is 24.0. The van der Waals surface area contributed by atoms with Crippen LogP contribution in [-0.4, -0.2) is 19.1 Å².